The molecule has 1 saturated carbocycles. The van der Waals surface area contributed by atoms with Crippen LogP contribution in [-0.4, -0.2) is 10.9 Å². The van der Waals surface area contributed by atoms with E-state index in [-0.39, 0.29) is 11.4 Å². The Morgan fingerprint density at radius 1 is 1.03 bits per heavy atom. The van der Waals surface area contributed by atoms with Crippen molar-refractivity contribution < 1.29 is 13.6 Å². The Labute approximate surface area is 172 Å². The molecule has 0 bridgehead atoms. The van der Waals surface area contributed by atoms with E-state index >= 15 is 0 Å². The van der Waals surface area contributed by atoms with Gasteiger partial charge in [-0.15, -0.1) is 0 Å². The fourth-order valence-electron chi connectivity index (χ4n) is 3.92. The number of halogens is 2. The quantitative estimate of drug-likeness (QED) is 0.432. The van der Waals surface area contributed by atoms with E-state index in [0.717, 1.165) is 46.6 Å². The van der Waals surface area contributed by atoms with Crippen LogP contribution in [0.15, 0.2) is 54.6 Å². The molecule has 1 amide bonds. The van der Waals surface area contributed by atoms with Crippen LogP contribution in [0.2, 0.25) is 0 Å². The Hall–Kier alpha value is -3.25. The molecule has 1 heterocycles. The molecule has 3 aromatic carbocycles. The zero-order chi connectivity index (χ0) is 21.0. The van der Waals surface area contributed by atoms with Gasteiger partial charge in [-0.05, 0) is 55.2 Å². The number of H-pyrrole nitrogens is 1. The van der Waals surface area contributed by atoms with Crippen LogP contribution in [0.3, 0.4) is 0 Å². The van der Waals surface area contributed by atoms with Gasteiger partial charge in [0.25, 0.3) is 0 Å². The van der Waals surface area contributed by atoms with Crippen LogP contribution in [0, 0.1) is 11.6 Å². The zero-order valence-electron chi connectivity index (χ0n) is 16.4. The van der Waals surface area contributed by atoms with E-state index in [0.29, 0.717) is 10.9 Å². The molecule has 0 spiro atoms. The molecule has 4 N–H and O–H groups in total. The van der Waals surface area contributed by atoms with Gasteiger partial charge in [0.05, 0.1) is 5.92 Å². The Morgan fingerprint density at radius 3 is 2.53 bits per heavy atom. The van der Waals surface area contributed by atoms with Gasteiger partial charge >= 0.3 is 0 Å². The predicted octanol–water partition coefficient (Wildman–Crippen LogP) is 5.29. The van der Waals surface area contributed by atoms with E-state index in [4.69, 9.17) is 5.73 Å². The highest BCUT2D eigenvalue weighted by molar-refractivity contribution is 6.07. The monoisotopic (exact) mass is 405 g/mol. The largest absolute Gasteiger partial charge is 0.354 e. The number of hydrogen-bond donors (Lipinski definition) is 3. The second-order valence-corrected chi connectivity index (χ2v) is 8.19. The van der Waals surface area contributed by atoms with Gasteiger partial charge in [-0.25, -0.2) is 8.78 Å². The summed E-state index contributed by atoms with van der Waals surface area (Å²) in [5, 5.41) is 4.36. The van der Waals surface area contributed by atoms with Crippen molar-refractivity contribution in [2.45, 2.75) is 31.2 Å². The third-order valence-electron chi connectivity index (χ3n) is 6.05. The van der Waals surface area contributed by atoms with Crippen molar-refractivity contribution in [2.24, 2.45) is 5.73 Å². The maximum atomic E-state index is 13.6. The summed E-state index contributed by atoms with van der Waals surface area (Å²) >= 11 is 0. The SMILES string of the molecule is CC(C(=O)Nc1cccc(C2(N)CC2)c1)c1ccc2c(c1)[nH]c1cc(F)c(F)cc12. The maximum absolute atomic E-state index is 13.6. The summed E-state index contributed by atoms with van der Waals surface area (Å²) in [7, 11) is 0. The number of amides is 1. The summed E-state index contributed by atoms with van der Waals surface area (Å²) in [6.07, 6.45) is 1.91. The molecule has 5 rings (SSSR count). The lowest BCUT2D eigenvalue weighted by Crippen LogP contribution is -2.21. The number of carbonyl (C=O) groups is 1. The molecule has 1 aromatic heterocycles. The maximum Gasteiger partial charge on any atom is 0.231 e. The highest BCUT2D eigenvalue weighted by Crippen LogP contribution is 2.43. The smallest absolute Gasteiger partial charge is 0.231 e. The average molecular weight is 405 g/mol. The number of nitrogens with two attached hydrogens (primary N) is 1. The van der Waals surface area contributed by atoms with Crippen molar-refractivity contribution in [3.8, 4) is 0 Å². The fraction of sp³-hybridized carbons (Fsp3) is 0.208. The van der Waals surface area contributed by atoms with E-state index in [1.807, 2.05) is 49.4 Å². The van der Waals surface area contributed by atoms with E-state index < -0.39 is 17.6 Å². The standard InChI is InChI=1S/C24H21F2N3O/c1-13(23(30)28-16-4-2-3-15(10-16)24(27)7-8-24)14-5-6-17-18-11-19(25)20(26)12-22(18)29-21(17)9-14/h2-6,9-13,29H,7-8,27H2,1H3,(H,28,30). The molecule has 1 fully saturated rings. The first-order chi connectivity index (χ1) is 14.3. The van der Waals surface area contributed by atoms with Gasteiger partial charge in [-0.2, -0.15) is 0 Å². The highest BCUT2D eigenvalue weighted by Gasteiger charge is 2.40. The first kappa shape index (κ1) is 18.8. The summed E-state index contributed by atoms with van der Waals surface area (Å²) in [6.45, 7) is 1.83. The normalized spacial score (nSPS) is 16.0. The van der Waals surface area contributed by atoms with Crippen molar-refractivity contribution in [2.75, 3.05) is 5.32 Å². The fourth-order valence-corrected chi connectivity index (χ4v) is 3.92. The molecule has 152 valence electrons. The lowest BCUT2D eigenvalue weighted by atomic mass is 9.98. The number of rotatable bonds is 4. The molecular formula is C24H21F2N3O. The molecular weight excluding hydrogens is 384 g/mol. The summed E-state index contributed by atoms with van der Waals surface area (Å²) in [4.78, 5) is 15.9. The van der Waals surface area contributed by atoms with Crippen molar-refractivity contribution in [3.05, 3.63) is 77.4 Å². The molecule has 4 nitrogen and oxygen atoms in total. The van der Waals surface area contributed by atoms with Crippen LogP contribution >= 0.6 is 0 Å². The molecule has 0 radical (unpaired) electrons. The number of hydrogen-bond acceptors (Lipinski definition) is 2. The van der Waals surface area contributed by atoms with Gasteiger partial charge < -0.3 is 16.0 Å². The van der Waals surface area contributed by atoms with Gasteiger partial charge in [0, 0.05) is 39.1 Å². The van der Waals surface area contributed by atoms with Crippen LogP contribution in [0.1, 0.15) is 36.8 Å². The molecule has 1 unspecified atom stereocenters. The lowest BCUT2D eigenvalue weighted by Gasteiger charge is -2.15. The zero-order valence-corrected chi connectivity index (χ0v) is 16.4. The molecule has 0 saturated heterocycles. The number of nitrogens with one attached hydrogen (secondary N) is 2. The first-order valence-corrected chi connectivity index (χ1v) is 9.95. The highest BCUT2D eigenvalue weighted by atomic mass is 19.2. The first-order valence-electron chi connectivity index (χ1n) is 9.95. The third-order valence-corrected chi connectivity index (χ3v) is 6.05. The predicted molar refractivity (Wildman–Crippen MR) is 114 cm³/mol. The third kappa shape index (κ3) is 3.13. The number of fused-ring (bicyclic) bond motifs is 3. The molecule has 0 aliphatic heterocycles. The Bertz CT molecular complexity index is 1310. The summed E-state index contributed by atoms with van der Waals surface area (Å²) in [5.74, 6) is -2.32. The average Bonchev–Trinajstić information content (AvgIpc) is 3.40. The summed E-state index contributed by atoms with van der Waals surface area (Å²) < 4.78 is 27.2. The van der Waals surface area contributed by atoms with Gasteiger partial charge in [-0.1, -0.05) is 24.3 Å². The van der Waals surface area contributed by atoms with E-state index in [1.165, 1.54) is 6.07 Å². The minimum Gasteiger partial charge on any atom is -0.354 e. The number of anilines is 1. The van der Waals surface area contributed by atoms with Crippen molar-refractivity contribution in [1.82, 2.24) is 4.98 Å². The van der Waals surface area contributed by atoms with Crippen LogP contribution < -0.4 is 11.1 Å². The summed E-state index contributed by atoms with van der Waals surface area (Å²) in [6, 6.07) is 15.5. The van der Waals surface area contributed by atoms with Crippen LogP contribution in [-0.2, 0) is 10.3 Å². The van der Waals surface area contributed by atoms with Crippen LogP contribution in [0.25, 0.3) is 21.8 Å². The van der Waals surface area contributed by atoms with Gasteiger partial charge in [-0.3, -0.25) is 4.79 Å². The van der Waals surface area contributed by atoms with E-state index in [2.05, 4.69) is 10.3 Å². The number of aromatic nitrogens is 1. The number of carbonyl (C=O) groups excluding carboxylic acids is 1. The Balaban J connectivity index is 1.42. The molecule has 4 aromatic rings. The Kier molecular flexibility index (Phi) is 4.15. The number of benzene rings is 3. The van der Waals surface area contributed by atoms with Crippen molar-refractivity contribution in [1.29, 1.82) is 0 Å². The Morgan fingerprint density at radius 2 is 1.77 bits per heavy atom. The van der Waals surface area contributed by atoms with Crippen LogP contribution in [0.4, 0.5) is 14.5 Å². The molecule has 1 aliphatic carbocycles. The van der Waals surface area contributed by atoms with E-state index in [9.17, 15) is 13.6 Å². The lowest BCUT2D eigenvalue weighted by molar-refractivity contribution is -0.117. The van der Waals surface area contributed by atoms with E-state index in [1.54, 1.807) is 0 Å². The van der Waals surface area contributed by atoms with Crippen molar-refractivity contribution in [3.63, 3.8) is 0 Å². The van der Waals surface area contributed by atoms with Gasteiger partial charge in [0.15, 0.2) is 11.6 Å². The van der Waals surface area contributed by atoms with Gasteiger partial charge in [0.2, 0.25) is 5.91 Å². The topological polar surface area (TPSA) is 70.9 Å². The molecule has 1 atom stereocenters. The second kappa shape index (κ2) is 6.64. The minimum atomic E-state index is -0.894. The van der Waals surface area contributed by atoms with Gasteiger partial charge in [0.1, 0.15) is 0 Å². The molecule has 1 aliphatic rings. The second-order valence-electron chi connectivity index (χ2n) is 8.19. The molecule has 30 heavy (non-hydrogen) atoms. The molecule has 6 heteroatoms. The van der Waals surface area contributed by atoms with Crippen molar-refractivity contribution >= 4 is 33.4 Å². The summed E-state index contributed by atoms with van der Waals surface area (Å²) in [5.41, 5.74) is 9.81. The minimum absolute atomic E-state index is 0.137. The number of aromatic amines is 1. The van der Waals surface area contributed by atoms with Crippen LogP contribution in [0.5, 0.6) is 0 Å².